The number of anilines is 3. The van der Waals surface area contributed by atoms with Gasteiger partial charge in [-0.05, 0) is 80.4 Å². The number of benzene rings is 3. The monoisotopic (exact) mass is 564 g/mol. The number of esters is 1. The molecule has 4 aromatic rings. The summed E-state index contributed by atoms with van der Waals surface area (Å²) >= 11 is 0. The van der Waals surface area contributed by atoms with E-state index in [1.807, 2.05) is 42.5 Å². The summed E-state index contributed by atoms with van der Waals surface area (Å²) in [5, 5.41) is 5.81. The van der Waals surface area contributed by atoms with Crippen molar-refractivity contribution in [3.8, 4) is 11.5 Å². The summed E-state index contributed by atoms with van der Waals surface area (Å²) < 4.78 is 10.9. The van der Waals surface area contributed by atoms with Crippen LogP contribution in [-0.2, 0) is 9.53 Å². The zero-order valence-electron chi connectivity index (χ0n) is 23.3. The molecule has 0 saturated carbocycles. The first-order chi connectivity index (χ1) is 20.5. The van der Waals surface area contributed by atoms with Crippen LogP contribution >= 0.6 is 0 Å². The lowest BCUT2D eigenvalue weighted by atomic mass is 9.95. The summed E-state index contributed by atoms with van der Waals surface area (Å²) in [6, 6.07) is 26.9. The molecular formula is C33H32N4O5. The van der Waals surface area contributed by atoms with Gasteiger partial charge in [-0.3, -0.25) is 9.59 Å². The van der Waals surface area contributed by atoms with Crippen molar-refractivity contribution in [2.75, 3.05) is 35.2 Å². The molecule has 2 heterocycles. The van der Waals surface area contributed by atoms with Crippen molar-refractivity contribution in [2.24, 2.45) is 5.92 Å². The predicted molar refractivity (Wildman–Crippen MR) is 161 cm³/mol. The lowest BCUT2D eigenvalue weighted by Crippen LogP contribution is -2.38. The Bertz CT molecular complexity index is 1530. The molecule has 0 unspecified atom stereocenters. The third kappa shape index (κ3) is 7.31. The Morgan fingerprint density at radius 1 is 0.810 bits per heavy atom. The number of piperidine rings is 1. The second-order valence-corrected chi connectivity index (χ2v) is 9.85. The van der Waals surface area contributed by atoms with Crippen molar-refractivity contribution >= 4 is 35.0 Å². The number of carbonyl (C=O) groups excluding carboxylic acids is 3. The molecular weight excluding hydrogens is 532 g/mol. The molecule has 0 atom stereocenters. The molecule has 1 fully saturated rings. The first kappa shape index (κ1) is 28.4. The van der Waals surface area contributed by atoms with Gasteiger partial charge in [0.05, 0.1) is 24.1 Å². The highest BCUT2D eigenvalue weighted by Crippen LogP contribution is 2.25. The Labute approximate surface area is 244 Å². The predicted octanol–water partition coefficient (Wildman–Crippen LogP) is 6.16. The number of ether oxygens (including phenoxy) is 2. The molecule has 9 heteroatoms. The number of rotatable bonds is 9. The second-order valence-electron chi connectivity index (χ2n) is 9.85. The summed E-state index contributed by atoms with van der Waals surface area (Å²) in [6.45, 7) is 3.39. The molecule has 5 rings (SSSR count). The van der Waals surface area contributed by atoms with Gasteiger partial charge in [0.2, 0.25) is 5.91 Å². The van der Waals surface area contributed by atoms with Crippen LogP contribution in [0.2, 0.25) is 0 Å². The minimum Gasteiger partial charge on any atom is -0.462 e. The number of hydrogen-bond acceptors (Lipinski definition) is 7. The van der Waals surface area contributed by atoms with Crippen LogP contribution in [0.1, 0.15) is 40.5 Å². The van der Waals surface area contributed by atoms with Crippen LogP contribution in [0.3, 0.4) is 0 Å². The molecule has 1 aliphatic heterocycles. The Balaban J connectivity index is 1.12. The Morgan fingerprint density at radius 3 is 2.29 bits per heavy atom. The van der Waals surface area contributed by atoms with Crippen LogP contribution < -0.4 is 20.3 Å². The van der Waals surface area contributed by atoms with E-state index in [-0.39, 0.29) is 17.7 Å². The molecule has 214 valence electrons. The average molecular weight is 565 g/mol. The van der Waals surface area contributed by atoms with Gasteiger partial charge in [0.25, 0.3) is 5.91 Å². The molecule has 1 aliphatic rings. The maximum atomic E-state index is 12.9. The van der Waals surface area contributed by atoms with Crippen molar-refractivity contribution in [3.05, 3.63) is 108 Å². The van der Waals surface area contributed by atoms with E-state index in [0.29, 0.717) is 66.5 Å². The number of aromatic nitrogens is 1. The molecule has 1 saturated heterocycles. The van der Waals surface area contributed by atoms with Crippen LogP contribution in [0.4, 0.5) is 17.2 Å². The standard InChI is InChI=1S/C33H32N4O5/c1-2-41-33(40)25-9-6-10-26(20-25)35-31(38)23-16-18-37(19-17-23)30-15-14-27(22-34-30)36-32(39)24-8-7-13-29(21-24)42-28-11-4-3-5-12-28/h3-15,20-23H,2,16-19H2,1H3,(H,35,38)(H,36,39). The highest BCUT2D eigenvalue weighted by molar-refractivity contribution is 6.04. The van der Waals surface area contributed by atoms with Gasteiger partial charge >= 0.3 is 5.97 Å². The zero-order chi connectivity index (χ0) is 29.3. The molecule has 0 aliphatic carbocycles. The van der Waals surface area contributed by atoms with Gasteiger partial charge in [0, 0.05) is 30.3 Å². The van der Waals surface area contributed by atoms with Crippen LogP contribution in [0.25, 0.3) is 0 Å². The van der Waals surface area contributed by atoms with Gasteiger partial charge in [0.15, 0.2) is 0 Å². The van der Waals surface area contributed by atoms with Crippen molar-refractivity contribution in [1.29, 1.82) is 0 Å². The second kappa shape index (κ2) is 13.5. The molecule has 9 nitrogen and oxygen atoms in total. The highest BCUT2D eigenvalue weighted by Gasteiger charge is 2.26. The van der Waals surface area contributed by atoms with Crippen LogP contribution in [0, 0.1) is 5.92 Å². The fourth-order valence-corrected chi connectivity index (χ4v) is 4.73. The largest absolute Gasteiger partial charge is 0.462 e. The van der Waals surface area contributed by atoms with Crippen molar-refractivity contribution in [3.63, 3.8) is 0 Å². The number of pyridine rings is 1. The number of carbonyl (C=O) groups is 3. The Hall–Kier alpha value is -5.18. The lowest BCUT2D eigenvalue weighted by Gasteiger charge is -2.32. The van der Waals surface area contributed by atoms with E-state index in [0.717, 1.165) is 5.82 Å². The minimum atomic E-state index is -0.414. The Morgan fingerprint density at radius 2 is 1.55 bits per heavy atom. The molecule has 1 aromatic heterocycles. The summed E-state index contributed by atoms with van der Waals surface area (Å²) in [5.74, 6) is 1.16. The molecule has 3 aromatic carbocycles. The summed E-state index contributed by atoms with van der Waals surface area (Å²) in [6.07, 6.45) is 2.98. The van der Waals surface area contributed by atoms with Crippen LogP contribution in [0.5, 0.6) is 11.5 Å². The molecule has 2 N–H and O–H groups in total. The van der Waals surface area contributed by atoms with Crippen molar-refractivity contribution in [2.45, 2.75) is 19.8 Å². The van der Waals surface area contributed by atoms with Gasteiger partial charge in [-0.15, -0.1) is 0 Å². The fraction of sp³-hybridized carbons (Fsp3) is 0.212. The highest BCUT2D eigenvalue weighted by atomic mass is 16.5. The van der Waals surface area contributed by atoms with Crippen LogP contribution in [0.15, 0.2) is 97.2 Å². The smallest absolute Gasteiger partial charge is 0.338 e. The van der Waals surface area contributed by atoms with Gasteiger partial charge < -0.3 is 25.0 Å². The Kier molecular flexibility index (Phi) is 9.08. The SMILES string of the molecule is CCOC(=O)c1cccc(NC(=O)C2CCN(c3ccc(NC(=O)c4cccc(Oc5ccccc5)c4)cn3)CC2)c1. The molecule has 0 spiro atoms. The first-order valence-corrected chi connectivity index (χ1v) is 13.9. The quantitative estimate of drug-likeness (QED) is 0.234. The van der Waals surface area contributed by atoms with E-state index in [1.165, 1.54) is 0 Å². The van der Waals surface area contributed by atoms with E-state index < -0.39 is 5.97 Å². The topological polar surface area (TPSA) is 110 Å². The van der Waals surface area contributed by atoms with E-state index in [1.54, 1.807) is 61.7 Å². The molecule has 2 amide bonds. The van der Waals surface area contributed by atoms with Gasteiger partial charge in [0.1, 0.15) is 17.3 Å². The maximum absolute atomic E-state index is 12.9. The van der Waals surface area contributed by atoms with E-state index in [9.17, 15) is 14.4 Å². The molecule has 0 bridgehead atoms. The minimum absolute atomic E-state index is 0.0695. The number of amides is 2. The number of nitrogens with zero attached hydrogens (tertiary/aromatic N) is 2. The number of nitrogens with one attached hydrogen (secondary N) is 2. The summed E-state index contributed by atoms with van der Waals surface area (Å²) in [4.78, 5) is 44.4. The number of para-hydroxylation sites is 1. The van der Waals surface area contributed by atoms with E-state index in [2.05, 4.69) is 20.5 Å². The lowest BCUT2D eigenvalue weighted by molar-refractivity contribution is -0.120. The zero-order valence-corrected chi connectivity index (χ0v) is 23.3. The van der Waals surface area contributed by atoms with Crippen molar-refractivity contribution in [1.82, 2.24) is 4.98 Å². The third-order valence-corrected chi connectivity index (χ3v) is 6.91. The number of hydrogen-bond donors (Lipinski definition) is 2. The first-order valence-electron chi connectivity index (χ1n) is 13.9. The van der Waals surface area contributed by atoms with Gasteiger partial charge in [-0.25, -0.2) is 9.78 Å². The van der Waals surface area contributed by atoms with Gasteiger partial charge in [-0.2, -0.15) is 0 Å². The fourth-order valence-electron chi connectivity index (χ4n) is 4.73. The third-order valence-electron chi connectivity index (χ3n) is 6.91. The molecule has 0 radical (unpaired) electrons. The summed E-state index contributed by atoms with van der Waals surface area (Å²) in [7, 11) is 0. The molecule has 42 heavy (non-hydrogen) atoms. The normalized spacial score (nSPS) is 13.2. The van der Waals surface area contributed by atoms with E-state index in [4.69, 9.17) is 9.47 Å². The van der Waals surface area contributed by atoms with Crippen LogP contribution in [-0.4, -0.2) is 42.5 Å². The van der Waals surface area contributed by atoms with E-state index >= 15 is 0 Å². The maximum Gasteiger partial charge on any atom is 0.338 e. The van der Waals surface area contributed by atoms with Crippen molar-refractivity contribution < 1.29 is 23.9 Å². The van der Waals surface area contributed by atoms with Gasteiger partial charge in [-0.1, -0.05) is 30.3 Å². The summed E-state index contributed by atoms with van der Waals surface area (Å²) in [5.41, 5.74) is 2.03. The average Bonchev–Trinajstić information content (AvgIpc) is 3.02.